The highest BCUT2D eigenvalue weighted by Gasteiger charge is 2.17. The predicted molar refractivity (Wildman–Crippen MR) is 52.3 cm³/mol. The van der Waals surface area contributed by atoms with E-state index in [2.05, 4.69) is 21.8 Å². The van der Waals surface area contributed by atoms with Crippen molar-refractivity contribution in [1.29, 1.82) is 0 Å². The van der Waals surface area contributed by atoms with Crippen molar-refractivity contribution in [3.63, 3.8) is 0 Å². The predicted octanol–water partition coefficient (Wildman–Crippen LogP) is 1.53. The summed E-state index contributed by atoms with van der Waals surface area (Å²) in [5.74, 6) is 1.47. The average Bonchev–Trinajstić information content (AvgIpc) is 2.20. The molecule has 0 N–H and O–H groups in total. The SMILES string of the molecule is [CH2]C1CCN(c2ncccn2)CC1. The van der Waals surface area contributed by atoms with Crippen LogP contribution in [0.3, 0.4) is 0 Å². The van der Waals surface area contributed by atoms with E-state index >= 15 is 0 Å². The number of hydrogen-bond acceptors (Lipinski definition) is 3. The Morgan fingerprint density at radius 1 is 1.23 bits per heavy atom. The van der Waals surface area contributed by atoms with Gasteiger partial charge in [-0.2, -0.15) is 0 Å². The van der Waals surface area contributed by atoms with E-state index in [1.165, 1.54) is 0 Å². The van der Waals surface area contributed by atoms with Gasteiger partial charge >= 0.3 is 0 Å². The minimum atomic E-state index is 0.611. The molecule has 0 aliphatic carbocycles. The van der Waals surface area contributed by atoms with Crippen LogP contribution in [0.5, 0.6) is 0 Å². The summed E-state index contributed by atoms with van der Waals surface area (Å²) in [6.45, 7) is 6.14. The van der Waals surface area contributed by atoms with Crippen LogP contribution in [-0.2, 0) is 0 Å². The summed E-state index contributed by atoms with van der Waals surface area (Å²) < 4.78 is 0. The average molecular weight is 176 g/mol. The molecular weight excluding hydrogens is 162 g/mol. The van der Waals surface area contributed by atoms with Crippen LogP contribution in [0.2, 0.25) is 0 Å². The molecule has 0 atom stereocenters. The zero-order chi connectivity index (χ0) is 9.10. The van der Waals surface area contributed by atoms with Crippen LogP contribution in [-0.4, -0.2) is 23.1 Å². The van der Waals surface area contributed by atoms with Gasteiger partial charge in [-0.3, -0.25) is 0 Å². The highest BCUT2D eigenvalue weighted by Crippen LogP contribution is 2.18. The third-order valence-corrected chi connectivity index (χ3v) is 2.45. The van der Waals surface area contributed by atoms with Crippen molar-refractivity contribution in [1.82, 2.24) is 9.97 Å². The lowest BCUT2D eigenvalue weighted by Crippen LogP contribution is -2.33. The summed E-state index contributed by atoms with van der Waals surface area (Å²) in [5, 5.41) is 0. The van der Waals surface area contributed by atoms with E-state index < -0.39 is 0 Å². The molecule has 3 heteroatoms. The molecule has 1 fully saturated rings. The van der Waals surface area contributed by atoms with Crippen LogP contribution in [0, 0.1) is 12.8 Å². The standard InChI is InChI=1S/C10H14N3/c1-9-3-7-13(8-4-9)10-11-5-2-6-12-10/h2,5-6,9H,1,3-4,7-8H2. The summed E-state index contributed by atoms with van der Waals surface area (Å²) in [6, 6.07) is 1.84. The first-order valence-electron chi connectivity index (χ1n) is 4.71. The largest absolute Gasteiger partial charge is 0.341 e. The zero-order valence-electron chi connectivity index (χ0n) is 7.69. The topological polar surface area (TPSA) is 29.0 Å². The Balaban J connectivity index is 2.03. The van der Waals surface area contributed by atoms with E-state index in [9.17, 15) is 0 Å². The molecule has 1 aliphatic rings. The van der Waals surface area contributed by atoms with Crippen LogP contribution in [0.4, 0.5) is 5.95 Å². The van der Waals surface area contributed by atoms with E-state index in [4.69, 9.17) is 0 Å². The van der Waals surface area contributed by atoms with Gasteiger partial charge in [0.25, 0.3) is 0 Å². The molecule has 1 radical (unpaired) electrons. The van der Waals surface area contributed by atoms with Gasteiger partial charge in [-0.05, 0) is 24.8 Å². The summed E-state index contributed by atoms with van der Waals surface area (Å²) >= 11 is 0. The molecule has 69 valence electrons. The molecule has 3 nitrogen and oxygen atoms in total. The first-order valence-corrected chi connectivity index (χ1v) is 4.71. The van der Waals surface area contributed by atoms with Gasteiger partial charge in [-0.15, -0.1) is 0 Å². The third kappa shape index (κ3) is 1.97. The van der Waals surface area contributed by atoms with Gasteiger partial charge in [0.2, 0.25) is 5.95 Å². The van der Waals surface area contributed by atoms with Crippen molar-refractivity contribution >= 4 is 5.95 Å². The fourth-order valence-corrected chi connectivity index (χ4v) is 1.59. The summed E-state index contributed by atoms with van der Waals surface area (Å²) in [6.07, 6.45) is 5.88. The molecule has 2 rings (SSSR count). The molecular formula is C10H14N3. The molecule has 0 bridgehead atoms. The minimum Gasteiger partial charge on any atom is -0.341 e. The second kappa shape index (κ2) is 3.73. The van der Waals surface area contributed by atoms with Gasteiger partial charge in [0.15, 0.2) is 0 Å². The van der Waals surface area contributed by atoms with Crippen molar-refractivity contribution in [3.8, 4) is 0 Å². The molecule has 1 aromatic rings. The van der Waals surface area contributed by atoms with Crippen LogP contribution in [0.15, 0.2) is 18.5 Å². The third-order valence-electron chi connectivity index (χ3n) is 2.45. The Bertz CT molecular complexity index is 252. The van der Waals surface area contributed by atoms with Gasteiger partial charge in [0.1, 0.15) is 0 Å². The molecule has 13 heavy (non-hydrogen) atoms. The van der Waals surface area contributed by atoms with Gasteiger partial charge in [-0.25, -0.2) is 9.97 Å². The number of nitrogens with zero attached hydrogens (tertiary/aromatic N) is 3. The number of piperidine rings is 1. The molecule has 1 saturated heterocycles. The maximum atomic E-state index is 4.22. The lowest BCUT2D eigenvalue weighted by molar-refractivity contribution is 0.470. The molecule has 0 aromatic carbocycles. The van der Waals surface area contributed by atoms with Gasteiger partial charge in [-0.1, -0.05) is 6.92 Å². The lowest BCUT2D eigenvalue weighted by atomic mass is 10.00. The van der Waals surface area contributed by atoms with Crippen LogP contribution in [0.25, 0.3) is 0 Å². The molecule has 1 aliphatic heterocycles. The molecule has 0 saturated carbocycles. The minimum absolute atomic E-state index is 0.611. The summed E-state index contributed by atoms with van der Waals surface area (Å²) in [4.78, 5) is 10.7. The normalized spacial score (nSPS) is 19.0. The maximum Gasteiger partial charge on any atom is 0.225 e. The summed E-state index contributed by atoms with van der Waals surface area (Å²) in [5.41, 5.74) is 0. The van der Waals surface area contributed by atoms with Gasteiger partial charge in [0, 0.05) is 25.5 Å². The summed E-state index contributed by atoms with van der Waals surface area (Å²) in [7, 11) is 0. The van der Waals surface area contributed by atoms with Crippen LogP contribution < -0.4 is 4.90 Å². The maximum absolute atomic E-state index is 4.22. The molecule has 0 unspecified atom stereocenters. The molecule has 1 aromatic heterocycles. The smallest absolute Gasteiger partial charge is 0.225 e. The van der Waals surface area contributed by atoms with E-state index in [0.29, 0.717) is 5.92 Å². The van der Waals surface area contributed by atoms with Crippen LogP contribution in [0.1, 0.15) is 12.8 Å². The number of rotatable bonds is 1. The Kier molecular flexibility index (Phi) is 2.43. The van der Waals surface area contributed by atoms with Crippen LogP contribution >= 0.6 is 0 Å². The van der Waals surface area contributed by atoms with Crippen molar-refractivity contribution in [2.24, 2.45) is 5.92 Å². The second-order valence-corrected chi connectivity index (χ2v) is 3.48. The zero-order valence-corrected chi connectivity index (χ0v) is 7.69. The Labute approximate surface area is 78.8 Å². The fraction of sp³-hybridized carbons (Fsp3) is 0.500. The van der Waals surface area contributed by atoms with Crippen molar-refractivity contribution in [2.75, 3.05) is 18.0 Å². The molecule has 0 spiro atoms. The number of aromatic nitrogens is 2. The second-order valence-electron chi connectivity index (χ2n) is 3.48. The number of anilines is 1. The quantitative estimate of drug-likeness (QED) is 0.649. The van der Waals surface area contributed by atoms with Crippen molar-refractivity contribution < 1.29 is 0 Å². The van der Waals surface area contributed by atoms with Gasteiger partial charge < -0.3 is 4.90 Å². The Morgan fingerprint density at radius 3 is 2.46 bits per heavy atom. The molecule has 0 amide bonds. The Hall–Kier alpha value is -1.12. The van der Waals surface area contributed by atoms with Crippen molar-refractivity contribution in [2.45, 2.75) is 12.8 Å². The first-order chi connectivity index (χ1) is 6.36. The first kappa shape index (κ1) is 8.48. The van der Waals surface area contributed by atoms with Crippen molar-refractivity contribution in [3.05, 3.63) is 25.4 Å². The molecule has 2 heterocycles. The van der Waals surface area contributed by atoms with E-state index in [1.807, 2.05) is 6.07 Å². The lowest BCUT2D eigenvalue weighted by Gasteiger charge is -2.29. The monoisotopic (exact) mass is 176 g/mol. The highest BCUT2D eigenvalue weighted by molar-refractivity contribution is 5.28. The highest BCUT2D eigenvalue weighted by atomic mass is 15.2. The number of hydrogen-bond donors (Lipinski definition) is 0. The van der Waals surface area contributed by atoms with E-state index in [0.717, 1.165) is 31.9 Å². The van der Waals surface area contributed by atoms with E-state index in [1.54, 1.807) is 12.4 Å². The fourth-order valence-electron chi connectivity index (χ4n) is 1.59. The van der Waals surface area contributed by atoms with E-state index in [-0.39, 0.29) is 0 Å². The van der Waals surface area contributed by atoms with Gasteiger partial charge in [0.05, 0.1) is 0 Å². The Morgan fingerprint density at radius 2 is 1.85 bits per heavy atom.